The summed E-state index contributed by atoms with van der Waals surface area (Å²) in [6.07, 6.45) is 5.42. The Hall–Kier alpha value is -0.670. The van der Waals surface area contributed by atoms with Crippen LogP contribution < -0.4 is 4.90 Å². The zero-order valence-electron chi connectivity index (χ0n) is 14.6. The minimum absolute atomic E-state index is 0.747. The lowest BCUT2D eigenvalue weighted by molar-refractivity contribution is 0.188. The van der Waals surface area contributed by atoms with Gasteiger partial charge in [0, 0.05) is 36.5 Å². The molecule has 3 heteroatoms. The number of hydrogen-bond donors (Lipinski definition) is 0. The molecule has 0 unspecified atom stereocenters. The summed E-state index contributed by atoms with van der Waals surface area (Å²) in [7, 11) is 0. The molecule has 0 radical (unpaired) electrons. The number of rotatable bonds is 4. The van der Waals surface area contributed by atoms with Gasteiger partial charge >= 0.3 is 0 Å². The Morgan fingerprint density at radius 2 is 2.17 bits per heavy atom. The number of nitrogens with zero attached hydrogens (tertiary/aromatic N) is 2. The van der Waals surface area contributed by atoms with Crippen LogP contribution in [0.4, 0.5) is 5.69 Å². The summed E-state index contributed by atoms with van der Waals surface area (Å²) >= 11 is 2.08. The van der Waals surface area contributed by atoms with E-state index in [-0.39, 0.29) is 0 Å². The van der Waals surface area contributed by atoms with Gasteiger partial charge in [-0.1, -0.05) is 26.0 Å². The van der Waals surface area contributed by atoms with E-state index in [1.165, 1.54) is 57.6 Å². The molecule has 0 spiro atoms. The van der Waals surface area contributed by atoms with Crippen LogP contribution in [0.15, 0.2) is 23.1 Å². The first-order valence-corrected chi connectivity index (χ1v) is 10.5. The Morgan fingerprint density at radius 1 is 1.26 bits per heavy atom. The Kier molecular flexibility index (Phi) is 4.60. The third-order valence-electron chi connectivity index (χ3n) is 5.83. The molecule has 3 aliphatic heterocycles. The van der Waals surface area contributed by atoms with Crippen LogP contribution in [0.25, 0.3) is 0 Å². The van der Waals surface area contributed by atoms with E-state index in [1.54, 1.807) is 16.1 Å². The molecule has 0 amide bonds. The summed E-state index contributed by atoms with van der Waals surface area (Å²) < 4.78 is 0. The molecular formula is C20H30N2S. The molecular weight excluding hydrogens is 300 g/mol. The number of hydrogen-bond acceptors (Lipinski definition) is 3. The summed E-state index contributed by atoms with van der Waals surface area (Å²) in [5.74, 6) is 2.87. The first-order chi connectivity index (χ1) is 11.2. The molecule has 0 saturated carbocycles. The summed E-state index contributed by atoms with van der Waals surface area (Å²) in [6.45, 7) is 9.83. The number of benzene rings is 1. The van der Waals surface area contributed by atoms with Crippen molar-refractivity contribution in [1.82, 2.24) is 4.90 Å². The molecule has 0 N–H and O–H groups in total. The van der Waals surface area contributed by atoms with Gasteiger partial charge in [0.2, 0.25) is 0 Å². The van der Waals surface area contributed by atoms with Gasteiger partial charge in [-0.25, -0.2) is 0 Å². The molecule has 126 valence electrons. The van der Waals surface area contributed by atoms with Crippen LogP contribution in [0.3, 0.4) is 0 Å². The number of anilines is 1. The highest BCUT2D eigenvalue weighted by atomic mass is 32.2. The SMILES string of the molecule is CC(C)CCCN1CC[C@@H]2[C@H](C1)c1cccc3c1N2CCCS3. The van der Waals surface area contributed by atoms with Gasteiger partial charge in [-0.2, -0.15) is 0 Å². The average Bonchev–Trinajstić information content (AvgIpc) is 2.70. The smallest absolute Gasteiger partial charge is 0.0543 e. The van der Waals surface area contributed by atoms with Gasteiger partial charge in [-0.3, -0.25) is 0 Å². The maximum absolute atomic E-state index is 2.78. The lowest BCUT2D eigenvalue weighted by atomic mass is 9.89. The van der Waals surface area contributed by atoms with Gasteiger partial charge in [0.1, 0.15) is 0 Å². The second-order valence-electron chi connectivity index (χ2n) is 7.89. The molecule has 1 aromatic rings. The Bertz CT molecular complexity index is 557. The van der Waals surface area contributed by atoms with Gasteiger partial charge in [-0.15, -0.1) is 11.8 Å². The second kappa shape index (κ2) is 6.68. The normalized spacial score (nSPS) is 27.0. The van der Waals surface area contributed by atoms with Crippen LogP contribution in [-0.4, -0.2) is 42.9 Å². The number of thioether (sulfide) groups is 1. The third kappa shape index (κ3) is 3.02. The van der Waals surface area contributed by atoms with Crippen LogP contribution >= 0.6 is 11.8 Å². The maximum Gasteiger partial charge on any atom is 0.0543 e. The van der Waals surface area contributed by atoms with Crippen LogP contribution in [0.1, 0.15) is 51.0 Å². The van der Waals surface area contributed by atoms with Gasteiger partial charge < -0.3 is 9.80 Å². The monoisotopic (exact) mass is 330 g/mol. The largest absolute Gasteiger partial charge is 0.367 e. The lowest BCUT2D eigenvalue weighted by Crippen LogP contribution is -2.46. The number of para-hydroxylation sites is 1. The Morgan fingerprint density at radius 3 is 3.04 bits per heavy atom. The molecule has 3 aliphatic rings. The molecule has 2 atom stereocenters. The molecule has 0 aliphatic carbocycles. The van der Waals surface area contributed by atoms with E-state index >= 15 is 0 Å². The second-order valence-corrected chi connectivity index (χ2v) is 9.03. The van der Waals surface area contributed by atoms with E-state index in [0.29, 0.717) is 0 Å². The quantitative estimate of drug-likeness (QED) is 0.797. The van der Waals surface area contributed by atoms with Crippen molar-refractivity contribution in [3.63, 3.8) is 0 Å². The van der Waals surface area contributed by atoms with Gasteiger partial charge in [-0.05, 0) is 55.5 Å². The third-order valence-corrected chi connectivity index (χ3v) is 6.97. The predicted octanol–water partition coefficient (Wildman–Crippen LogP) is 4.60. The Labute approximate surface area is 145 Å². The Balaban J connectivity index is 1.52. The molecule has 0 aromatic heterocycles. The van der Waals surface area contributed by atoms with Crippen molar-refractivity contribution in [2.75, 3.05) is 36.8 Å². The highest BCUT2D eigenvalue weighted by Crippen LogP contribution is 2.50. The van der Waals surface area contributed by atoms with Gasteiger partial charge in [0.25, 0.3) is 0 Å². The molecule has 1 aromatic carbocycles. The first kappa shape index (κ1) is 15.8. The van der Waals surface area contributed by atoms with Gasteiger partial charge in [0.05, 0.1) is 5.69 Å². The fraction of sp³-hybridized carbons (Fsp3) is 0.700. The van der Waals surface area contributed by atoms with Crippen molar-refractivity contribution >= 4 is 17.4 Å². The highest BCUT2D eigenvalue weighted by molar-refractivity contribution is 7.99. The van der Waals surface area contributed by atoms with Crippen molar-refractivity contribution in [2.45, 2.75) is 56.4 Å². The van der Waals surface area contributed by atoms with Crippen LogP contribution in [0, 0.1) is 5.92 Å². The topological polar surface area (TPSA) is 6.48 Å². The van der Waals surface area contributed by atoms with Crippen molar-refractivity contribution in [3.8, 4) is 0 Å². The van der Waals surface area contributed by atoms with E-state index in [4.69, 9.17) is 0 Å². The summed E-state index contributed by atoms with van der Waals surface area (Å²) in [5.41, 5.74) is 3.25. The molecule has 1 fully saturated rings. The fourth-order valence-electron chi connectivity index (χ4n) is 4.73. The molecule has 23 heavy (non-hydrogen) atoms. The number of piperidine rings is 1. The van der Waals surface area contributed by atoms with E-state index in [9.17, 15) is 0 Å². The predicted molar refractivity (Wildman–Crippen MR) is 101 cm³/mol. The van der Waals surface area contributed by atoms with Crippen molar-refractivity contribution in [3.05, 3.63) is 23.8 Å². The molecule has 0 bridgehead atoms. The summed E-state index contributed by atoms with van der Waals surface area (Å²) in [6, 6.07) is 7.83. The average molecular weight is 331 g/mol. The van der Waals surface area contributed by atoms with Crippen molar-refractivity contribution < 1.29 is 0 Å². The van der Waals surface area contributed by atoms with Gasteiger partial charge in [0.15, 0.2) is 0 Å². The van der Waals surface area contributed by atoms with Crippen LogP contribution in [0.5, 0.6) is 0 Å². The zero-order chi connectivity index (χ0) is 15.8. The minimum atomic E-state index is 0.747. The maximum atomic E-state index is 2.78. The molecule has 1 saturated heterocycles. The standard InChI is InChI=1S/C20H30N2S/c1-15(2)6-4-10-21-12-9-18-17(14-21)16-7-3-8-19-20(16)22(18)11-5-13-23-19/h3,7-8,15,17-18H,4-6,9-14H2,1-2H3/t17-,18-/m1/s1. The van der Waals surface area contributed by atoms with Crippen molar-refractivity contribution in [1.29, 1.82) is 0 Å². The summed E-state index contributed by atoms with van der Waals surface area (Å²) in [5, 5.41) is 0. The highest BCUT2D eigenvalue weighted by Gasteiger charge is 2.43. The van der Waals surface area contributed by atoms with Crippen molar-refractivity contribution in [2.24, 2.45) is 5.92 Å². The lowest BCUT2D eigenvalue weighted by Gasteiger charge is -2.39. The van der Waals surface area contributed by atoms with Crippen LogP contribution in [0.2, 0.25) is 0 Å². The molecule has 3 heterocycles. The van der Waals surface area contributed by atoms with E-state index in [2.05, 4.69) is 53.6 Å². The molecule has 4 rings (SSSR count). The van der Waals surface area contributed by atoms with E-state index in [1.807, 2.05) is 0 Å². The first-order valence-electron chi connectivity index (χ1n) is 9.48. The number of likely N-dealkylation sites (tertiary alicyclic amines) is 1. The minimum Gasteiger partial charge on any atom is -0.367 e. The van der Waals surface area contributed by atoms with Crippen LogP contribution in [-0.2, 0) is 0 Å². The van der Waals surface area contributed by atoms with E-state index < -0.39 is 0 Å². The number of fused-ring (bicyclic) bond motifs is 3. The zero-order valence-corrected chi connectivity index (χ0v) is 15.4. The summed E-state index contributed by atoms with van der Waals surface area (Å²) in [4.78, 5) is 7.06. The fourth-order valence-corrected chi connectivity index (χ4v) is 5.77. The molecule has 2 nitrogen and oxygen atoms in total. The van der Waals surface area contributed by atoms with E-state index in [0.717, 1.165) is 17.9 Å².